The lowest BCUT2D eigenvalue weighted by atomic mass is 10.2. The van der Waals surface area contributed by atoms with Gasteiger partial charge in [-0.15, -0.1) is 0 Å². The van der Waals surface area contributed by atoms with Gasteiger partial charge in [-0.05, 0) is 24.3 Å². The molecule has 0 atom stereocenters. The summed E-state index contributed by atoms with van der Waals surface area (Å²) in [7, 11) is 0. The maximum absolute atomic E-state index is 12.2. The molecule has 5 rings (SSSR count). The van der Waals surface area contributed by atoms with Gasteiger partial charge in [0.1, 0.15) is 0 Å². The first-order valence-electron chi connectivity index (χ1n) is 7.67. The highest BCUT2D eigenvalue weighted by Gasteiger charge is 2.22. The van der Waals surface area contributed by atoms with Gasteiger partial charge in [0.25, 0.3) is 5.91 Å². The maximum atomic E-state index is 12.2. The summed E-state index contributed by atoms with van der Waals surface area (Å²) >= 11 is 0. The normalized spacial score (nSPS) is 14.2. The molecule has 2 aromatic heterocycles. The quantitative estimate of drug-likeness (QED) is 0.568. The fourth-order valence-corrected chi connectivity index (χ4v) is 3.36. The summed E-state index contributed by atoms with van der Waals surface area (Å²) < 4.78 is 2.13. The number of carbonyl (C=O) groups is 1. The van der Waals surface area contributed by atoms with E-state index in [1.165, 1.54) is 0 Å². The first-order chi connectivity index (χ1) is 11.3. The third-order valence-corrected chi connectivity index (χ3v) is 4.40. The number of nitrogens with zero attached hydrogens (tertiary/aromatic N) is 2. The molecule has 0 unspecified atom stereocenters. The van der Waals surface area contributed by atoms with Crippen LogP contribution in [0.5, 0.6) is 0 Å². The van der Waals surface area contributed by atoms with Crippen LogP contribution in [-0.2, 0) is 6.54 Å². The number of rotatable bonds is 1. The van der Waals surface area contributed by atoms with E-state index in [1.807, 2.05) is 30.3 Å². The zero-order chi connectivity index (χ0) is 15.4. The lowest BCUT2D eigenvalue weighted by Crippen LogP contribution is -2.24. The van der Waals surface area contributed by atoms with Crippen LogP contribution in [0.4, 0.5) is 0 Å². The molecule has 5 heteroatoms. The number of para-hydroxylation sites is 2. The summed E-state index contributed by atoms with van der Waals surface area (Å²) in [6.45, 7) is 1.32. The minimum atomic E-state index is -0.0301. The Morgan fingerprint density at radius 1 is 1.09 bits per heavy atom. The van der Waals surface area contributed by atoms with Crippen LogP contribution in [0, 0.1) is 0 Å². The molecule has 3 heterocycles. The Hall–Kier alpha value is -3.08. The first kappa shape index (κ1) is 12.5. The Bertz CT molecular complexity index is 1040. The molecule has 1 aliphatic heterocycles. The van der Waals surface area contributed by atoms with Crippen LogP contribution in [-0.4, -0.2) is 27.0 Å². The number of aromatic nitrogens is 3. The molecule has 1 aliphatic rings. The molecule has 0 aliphatic carbocycles. The highest BCUT2D eigenvalue weighted by molar-refractivity contribution is 6.06. The fourth-order valence-electron chi connectivity index (χ4n) is 3.36. The second-order valence-electron chi connectivity index (χ2n) is 5.79. The minimum Gasteiger partial charge on any atom is -0.352 e. The largest absolute Gasteiger partial charge is 0.352 e. The van der Waals surface area contributed by atoms with Crippen molar-refractivity contribution in [2.75, 3.05) is 6.54 Å². The van der Waals surface area contributed by atoms with Crippen LogP contribution in [0.3, 0.4) is 0 Å². The molecule has 0 bridgehead atoms. The number of carbonyl (C=O) groups excluding carboxylic acids is 1. The average Bonchev–Trinajstić information content (AvgIpc) is 3.10. The molecule has 0 radical (unpaired) electrons. The summed E-state index contributed by atoms with van der Waals surface area (Å²) in [5.74, 6) is 0.845. The van der Waals surface area contributed by atoms with Crippen molar-refractivity contribution >= 4 is 27.8 Å². The second kappa shape index (κ2) is 4.46. The molecule has 5 nitrogen and oxygen atoms in total. The van der Waals surface area contributed by atoms with Gasteiger partial charge in [-0.25, -0.2) is 4.98 Å². The molecule has 0 fully saturated rings. The lowest BCUT2D eigenvalue weighted by molar-refractivity contribution is 0.0956. The van der Waals surface area contributed by atoms with E-state index < -0.39 is 0 Å². The number of fused-ring (bicyclic) bond motifs is 1. The summed E-state index contributed by atoms with van der Waals surface area (Å²) in [6.07, 6.45) is 0. The molecular weight excluding hydrogens is 288 g/mol. The van der Waals surface area contributed by atoms with Gasteiger partial charge in [0.05, 0.1) is 22.3 Å². The Morgan fingerprint density at radius 3 is 2.91 bits per heavy atom. The van der Waals surface area contributed by atoms with Crippen molar-refractivity contribution in [3.8, 4) is 11.5 Å². The van der Waals surface area contributed by atoms with Crippen molar-refractivity contribution in [1.29, 1.82) is 0 Å². The van der Waals surface area contributed by atoms with E-state index in [0.717, 1.165) is 33.5 Å². The molecule has 112 valence electrons. The summed E-state index contributed by atoms with van der Waals surface area (Å²) in [5.41, 5.74) is 4.52. The van der Waals surface area contributed by atoms with Gasteiger partial charge in [0, 0.05) is 24.0 Å². The smallest absolute Gasteiger partial charge is 0.253 e. The SMILES string of the molecule is O=C1NCCn2c(-c3cc4ccccc4[nH]3)nc3cccc1c32. The number of H-pyrrole nitrogens is 1. The molecule has 0 saturated heterocycles. The van der Waals surface area contributed by atoms with E-state index in [4.69, 9.17) is 4.98 Å². The zero-order valence-corrected chi connectivity index (χ0v) is 12.3. The molecule has 2 N–H and O–H groups in total. The van der Waals surface area contributed by atoms with Crippen molar-refractivity contribution in [3.63, 3.8) is 0 Å². The summed E-state index contributed by atoms with van der Waals surface area (Å²) in [4.78, 5) is 20.4. The van der Waals surface area contributed by atoms with Gasteiger partial charge in [0.2, 0.25) is 0 Å². The number of hydrogen-bond acceptors (Lipinski definition) is 2. The second-order valence-corrected chi connectivity index (χ2v) is 5.79. The number of nitrogens with one attached hydrogen (secondary N) is 2. The average molecular weight is 302 g/mol. The van der Waals surface area contributed by atoms with E-state index in [2.05, 4.69) is 33.1 Å². The Labute approximate surface area is 132 Å². The summed E-state index contributed by atoms with van der Waals surface area (Å²) in [5, 5.41) is 4.10. The molecule has 23 heavy (non-hydrogen) atoms. The maximum Gasteiger partial charge on any atom is 0.253 e. The molecule has 2 aromatic carbocycles. The number of imidazole rings is 1. The minimum absolute atomic E-state index is 0.0301. The van der Waals surface area contributed by atoms with E-state index in [1.54, 1.807) is 0 Å². The molecule has 4 aromatic rings. The van der Waals surface area contributed by atoms with Gasteiger partial charge in [-0.1, -0.05) is 24.3 Å². The van der Waals surface area contributed by atoms with Crippen molar-refractivity contribution in [2.24, 2.45) is 0 Å². The first-order valence-corrected chi connectivity index (χ1v) is 7.67. The molecule has 0 saturated carbocycles. The van der Waals surface area contributed by atoms with E-state index in [-0.39, 0.29) is 5.91 Å². The topological polar surface area (TPSA) is 62.7 Å². The van der Waals surface area contributed by atoms with Crippen LogP contribution < -0.4 is 5.32 Å². The van der Waals surface area contributed by atoms with E-state index >= 15 is 0 Å². The number of benzene rings is 2. The van der Waals surface area contributed by atoms with Crippen LogP contribution in [0.15, 0.2) is 48.5 Å². The monoisotopic (exact) mass is 302 g/mol. The zero-order valence-electron chi connectivity index (χ0n) is 12.3. The van der Waals surface area contributed by atoms with Crippen molar-refractivity contribution < 1.29 is 4.79 Å². The van der Waals surface area contributed by atoms with Crippen molar-refractivity contribution in [1.82, 2.24) is 19.9 Å². The van der Waals surface area contributed by atoms with E-state index in [0.29, 0.717) is 18.7 Å². The third-order valence-electron chi connectivity index (χ3n) is 4.40. The van der Waals surface area contributed by atoms with Gasteiger partial charge >= 0.3 is 0 Å². The number of hydrogen-bond donors (Lipinski definition) is 2. The highest BCUT2D eigenvalue weighted by Crippen LogP contribution is 2.29. The fraction of sp³-hybridized carbons (Fsp3) is 0.111. The Morgan fingerprint density at radius 2 is 2.00 bits per heavy atom. The summed E-state index contributed by atoms with van der Waals surface area (Å²) in [6, 6.07) is 16.0. The van der Waals surface area contributed by atoms with Gasteiger partial charge < -0.3 is 14.9 Å². The van der Waals surface area contributed by atoms with Crippen molar-refractivity contribution in [3.05, 3.63) is 54.1 Å². The predicted molar refractivity (Wildman–Crippen MR) is 89.4 cm³/mol. The van der Waals surface area contributed by atoms with Gasteiger partial charge in [-0.2, -0.15) is 0 Å². The molecule has 1 amide bonds. The molecule has 0 spiro atoms. The van der Waals surface area contributed by atoms with Crippen LogP contribution in [0.1, 0.15) is 10.4 Å². The molecular formula is C18H14N4O. The standard InChI is InChI=1S/C18H14N4O/c23-18-12-5-3-7-14-16(12)22(9-8-19-18)17(21-14)15-10-11-4-1-2-6-13(11)20-15/h1-7,10,20H,8-9H2,(H,19,23). The third kappa shape index (κ3) is 1.73. The van der Waals surface area contributed by atoms with Crippen LogP contribution in [0.2, 0.25) is 0 Å². The van der Waals surface area contributed by atoms with Crippen LogP contribution in [0.25, 0.3) is 33.5 Å². The van der Waals surface area contributed by atoms with Gasteiger partial charge in [0.15, 0.2) is 5.82 Å². The number of aromatic amines is 1. The van der Waals surface area contributed by atoms with Crippen LogP contribution >= 0.6 is 0 Å². The van der Waals surface area contributed by atoms with Crippen molar-refractivity contribution in [2.45, 2.75) is 6.54 Å². The Kier molecular flexibility index (Phi) is 2.42. The lowest BCUT2D eigenvalue weighted by Gasteiger charge is -2.05. The van der Waals surface area contributed by atoms with Gasteiger partial charge in [-0.3, -0.25) is 4.79 Å². The van der Waals surface area contributed by atoms with E-state index in [9.17, 15) is 4.79 Å². The number of amides is 1. The predicted octanol–water partition coefficient (Wildman–Crippen LogP) is 2.93. The Balaban J connectivity index is 1.83. The highest BCUT2D eigenvalue weighted by atomic mass is 16.1.